The minimum atomic E-state index is -1.05. The van der Waals surface area contributed by atoms with Crippen molar-refractivity contribution >= 4 is 39.7 Å². The Hall–Kier alpha value is -2.97. The predicted octanol–water partition coefficient (Wildman–Crippen LogP) is 3.86. The third-order valence-corrected chi connectivity index (χ3v) is 5.38. The molecule has 1 unspecified atom stereocenters. The van der Waals surface area contributed by atoms with Gasteiger partial charge in [-0.15, -0.1) is 11.3 Å². The minimum absolute atomic E-state index is 0.0157. The molecule has 144 valence electrons. The first-order valence-electron chi connectivity index (χ1n) is 8.86. The Labute approximate surface area is 164 Å². The molecule has 28 heavy (non-hydrogen) atoms. The molecule has 1 aromatic heterocycles. The zero-order valence-corrected chi connectivity index (χ0v) is 15.7. The lowest BCUT2D eigenvalue weighted by molar-refractivity contribution is -0.139. The van der Waals surface area contributed by atoms with Gasteiger partial charge in [-0.25, -0.2) is 9.78 Å². The minimum Gasteiger partial charge on any atom is -0.481 e. The Balaban J connectivity index is 1.56. The average molecular weight is 398 g/mol. The van der Waals surface area contributed by atoms with Gasteiger partial charge >= 0.3 is 5.97 Å². The number of fused-ring (bicyclic) bond motifs is 1. The first-order chi connectivity index (χ1) is 13.6. The molecule has 1 amide bonds. The number of carbonyl (C=O) groups excluding carboxylic acids is 1. The normalized spacial score (nSPS) is 16.2. The van der Waals surface area contributed by atoms with Crippen molar-refractivity contribution in [2.75, 3.05) is 18.5 Å². The van der Waals surface area contributed by atoms with Crippen molar-refractivity contribution < 1.29 is 24.2 Å². The highest BCUT2D eigenvalue weighted by Crippen LogP contribution is 2.33. The van der Waals surface area contributed by atoms with Gasteiger partial charge in [-0.2, -0.15) is 0 Å². The number of aromatic nitrogens is 1. The lowest BCUT2D eigenvalue weighted by Crippen LogP contribution is -2.13. The third kappa shape index (κ3) is 3.83. The monoisotopic (exact) mass is 398 g/mol. The van der Waals surface area contributed by atoms with Crippen LogP contribution < -0.4 is 10.1 Å². The van der Waals surface area contributed by atoms with E-state index in [0.29, 0.717) is 17.1 Å². The molecule has 8 heteroatoms. The molecular formula is C20H18N2O5S. The second-order valence-corrected chi connectivity index (χ2v) is 7.26. The second kappa shape index (κ2) is 7.95. The van der Waals surface area contributed by atoms with Gasteiger partial charge in [0.05, 0.1) is 0 Å². The summed E-state index contributed by atoms with van der Waals surface area (Å²) in [6, 6.07) is 10.7. The van der Waals surface area contributed by atoms with Crippen LogP contribution in [0.5, 0.6) is 5.75 Å². The highest BCUT2D eigenvalue weighted by molar-refractivity contribution is 7.09. The first kappa shape index (κ1) is 18.4. The number of hydrogen-bond donors (Lipinski definition) is 2. The van der Waals surface area contributed by atoms with E-state index in [9.17, 15) is 9.59 Å². The van der Waals surface area contributed by atoms with Crippen LogP contribution in [0.2, 0.25) is 0 Å². The van der Waals surface area contributed by atoms with E-state index in [1.807, 2.05) is 24.3 Å². The number of benzene rings is 2. The number of amides is 1. The van der Waals surface area contributed by atoms with Crippen molar-refractivity contribution in [1.29, 1.82) is 0 Å². The van der Waals surface area contributed by atoms with Gasteiger partial charge in [-0.1, -0.05) is 24.3 Å². The highest BCUT2D eigenvalue weighted by atomic mass is 32.1. The Kier molecular flexibility index (Phi) is 5.23. The van der Waals surface area contributed by atoms with Crippen molar-refractivity contribution in [2.24, 2.45) is 0 Å². The Bertz CT molecular complexity index is 1030. The van der Waals surface area contributed by atoms with E-state index in [1.54, 1.807) is 17.5 Å². The van der Waals surface area contributed by atoms with Gasteiger partial charge in [0.15, 0.2) is 6.61 Å². The van der Waals surface area contributed by atoms with E-state index in [2.05, 4.69) is 10.3 Å². The number of carboxylic acids is 1. The molecule has 7 nitrogen and oxygen atoms in total. The summed E-state index contributed by atoms with van der Waals surface area (Å²) >= 11 is 1.43. The molecule has 2 aromatic carbocycles. The molecule has 1 aliphatic rings. The van der Waals surface area contributed by atoms with Gasteiger partial charge in [-0.05, 0) is 25.0 Å². The van der Waals surface area contributed by atoms with Crippen LogP contribution in [-0.2, 0) is 9.53 Å². The van der Waals surface area contributed by atoms with Gasteiger partial charge in [0.2, 0.25) is 0 Å². The van der Waals surface area contributed by atoms with Crippen LogP contribution in [0.4, 0.5) is 5.69 Å². The van der Waals surface area contributed by atoms with Gasteiger partial charge in [0.1, 0.15) is 22.6 Å². The van der Waals surface area contributed by atoms with E-state index < -0.39 is 12.6 Å². The quantitative estimate of drug-likeness (QED) is 0.654. The lowest BCUT2D eigenvalue weighted by Gasteiger charge is -2.12. The van der Waals surface area contributed by atoms with Gasteiger partial charge < -0.3 is 19.9 Å². The second-order valence-electron chi connectivity index (χ2n) is 6.37. The van der Waals surface area contributed by atoms with Crippen LogP contribution >= 0.6 is 11.3 Å². The van der Waals surface area contributed by atoms with Crippen LogP contribution in [0.25, 0.3) is 10.8 Å². The molecule has 1 aliphatic heterocycles. The van der Waals surface area contributed by atoms with Crippen LogP contribution in [0.3, 0.4) is 0 Å². The van der Waals surface area contributed by atoms with Gasteiger partial charge in [0.25, 0.3) is 5.91 Å². The fourth-order valence-corrected chi connectivity index (χ4v) is 4.03. The number of anilines is 1. The number of carbonyl (C=O) groups is 2. The van der Waals surface area contributed by atoms with Crippen molar-refractivity contribution in [2.45, 2.75) is 18.9 Å². The molecule has 2 N–H and O–H groups in total. The first-order valence-corrected chi connectivity index (χ1v) is 9.74. The topological polar surface area (TPSA) is 97.8 Å². The van der Waals surface area contributed by atoms with Crippen molar-refractivity contribution in [3.05, 3.63) is 52.5 Å². The number of carboxylic acid groups (broad SMARTS) is 1. The van der Waals surface area contributed by atoms with Crippen molar-refractivity contribution in [1.82, 2.24) is 4.98 Å². The van der Waals surface area contributed by atoms with Crippen LogP contribution in [0.15, 0.2) is 41.8 Å². The summed E-state index contributed by atoms with van der Waals surface area (Å²) in [4.78, 5) is 27.9. The molecule has 1 atom stereocenters. The number of ether oxygens (including phenoxy) is 2. The number of nitrogens with one attached hydrogen (secondary N) is 1. The molecule has 2 heterocycles. The molecule has 0 radical (unpaired) electrons. The van der Waals surface area contributed by atoms with Crippen LogP contribution in [0, 0.1) is 0 Å². The smallest absolute Gasteiger partial charge is 0.341 e. The van der Waals surface area contributed by atoms with Crippen molar-refractivity contribution in [3.8, 4) is 5.75 Å². The Morgan fingerprint density at radius 1 is 1.25 bits per heavy atom. The average Bonchev–Trinajstić information content (AvgIpc) is 3.39. The van der Waals surface area contributed by atoms with Crippen LogP contribution in [-0.4, -0.2) is 35.2 Å². The zero-order chi connectivity index (χ0) is 19.5. The van der Waals surface area contributed by atoms with Crippen LogP contribution in [0.1, 0.15) is 34.4 Å². The number of thiazole rings is 1. The molecule has 1 fully saturated rings. The number of hydrogen-bond acceptors (Lipinski definition) is 6. The summed E-state index contributed by atoms with van der Waals surface area (Å²) in [6.45, 7) is 0.300. The molecule has 4 rings (SSSR count). The molecule has 1 saturated heterocycles. The summed E-state index contributed by atoms with van der Waals surface area (Å²) < 4.78 is 11.0. The molecule has 0 bridgehead atoms. The Morgan fingerprint density at radius 2 is 2.07 bits per heavy atom. The number of rotatable bonds is 6. The SMILES string of the molecule is O=C(O)COc1ccc(NC(=O)c2csc(C3CCCO3)n2)c2ccccc12. The van der Waals surface area contributed by atoms with Crippen molar-refractivity contribution in [3.63, 3.8) is 0 Å². The summed E-state index contributed by atoms with van der Waals surface area (Å²) in [5, 5.41) is 15.8. The van der Waals surface area contributed by atoms with Gasteiger partial charge in [-0.3, -0.25) is 4.79 Å². The van der Waals surface area contributed by atoms with Gasteiger partial charge in [0, 0.05) is 28.4 Å². The molecule has 0 spiro atoms. The molecule has 0 aliphatic carbocycles. The summed E-state index contributed by atoms with van der Waals surface area (Å²) in [5.41, 5.74) is 0.959. The van der Waals surface area contributed by atoms with E-state index in [1.165, 1.54) is 11.3 Å². The van der Waals surface area contributed by atoms with E-state index in [-0.39, 0.29) is 12.0 Å². The summed E-state index contributed by atoms with van der Waals surface area (Å²) in [5.74, 6) is -0.901. The van der Waals surface area contributed by atoms with E-state index >= 15 is 0 Å². The lowest BCUT2D eigenvalue weighted by atomic mass is 10.1. The zero-order valence-electron chi connectivity index (χ0n) is 14.9. The number of aliphatic carboxylic acids is 1. The molecule has 0 saturated carbocycles. The summed E-state index contributed by atoms with van der Waals surface area (Å²) in [7, 11) is 0. The third-order valence-electron chi connectivity index (χ3n) is 4.44. The molecular weight excluding hydrogens is 380 g/mol. The Morgan fingerprint density at radius 3 is 2.82 bits per heavy atom. The fraction of sp³-hybridized carbons (Fsp3) is 0.250. The largest absolute Gasteiger partial charge is 0.481 e. The highest BCUT2D eigenvalue weighted by Gasteiger charge is 2.22. The van der Waals surface area contributed by atoms with E-state index in [0.717, 1.165) is 35.2 Å². The predicted molar refractivity (Wildman–Crippen MR) is 105 cm³/mol. The maximum Gasteiger partial charge on any atom is 0.341 e. The maximum absolute atomic E-state index is 12.7. The fourth-order valence-electron chi connectivity index (χ4n) is 3.14. The molecule has 3 aromatic rings. The number of nitrogens with zero attached hydrogens (tertiary/aromatic N) is 1. The summed E-state index contributed by atoms with van der Waals surface area (Å²) in [6.07, 6.45) is 1.92. The van der Waals surface area contributed by atoms with E-state index in [4.69, 9.17) is 14.6 Å². The maximum atomic E-state index is 12.7. The standard InChI is InChI=1S/C20H18N2O5S/c23-18(24)10-27-16-8-7-14(12-4-1-2-5-13(12)16)21-19(25)15-11-28-20(22-15)17-6-3-9-26-17/h1-2,4-5,7-8,11,17H,3,6,9-10H2,(H,21,25)(H,23,24).